The molecule has 0 atom stereocenters. The molecule has 0 unspecified atom stereocenters. The SMILES string of the molecule is CCC/C=C(/CCC)c1cccs1. The highest BCUT2D eigenvalue weighted by Crippen LogP contribution is 2.24. The summed E-state index contributed by atoms with van der Waals surface area (Å²) in [5, 5.41) is 2.16. The van der Waals surface area contributed by atoms with Gasteiger partial charge in [-0.2, -0.15) is 0 Å². The maximum Gasteiger partial charge on any atom is 0.0299 e. The molecule has 0 amide bonds. The highest BCUT2D eigenvalue weighted by Gasteiger charge is 2.00. The van der Waals surface area contributed by atoms with Crippen molar-refractivity contribution < 1.29 is 0 Å². The molecule has 0 aliphatic carbocycles. The van der Waals surface area contributed by atoms with Gasteiger partial charge in [-0.15, -0.1) is 11.3 Å². The summed E-state index contributed by atoms with van der Waals surface area (Å²) in [6, 6.07) is 4.36. The summed E-state index contributed by atoms with van der Waals surface area (Å²) < 4.78 is 0. The fourth-order valence-electron chi connectivity index (χ4n) is 1.38. The van der Waals surface area contributed by atoms with Crippen LogP contribution in [-0.2, 0) is 0 Å². The Kier molecular flexibility index (Phi) is 4.84. The van der Waals surface area contributed by atoms with Gasteiger partial charge in [-0.1, -0.05) is 38.8 Å². The lowest BCUT2D eigenvalue weighted by Gasteiger charge is -2.02. The lowest BCUT2D eigenvalue weighted by Crippen LogP contribution is -1.79. The van der Waals surface area contributed by atoms with Crippen molar-refractivity contribution in [2.24, 2.45) is 0 Å². The Bertz CT molecular complexity index is 244. The van der Waals surface area contributed by atoms with E-state index in [-0.39, 0.29) is 0 Å². The summed E-state index contributed by atoms with van der Waals surface area (Å²) in [7, 11) is 0. The topological polar surface area (TPSA) is 0 Å². The van der Waals surface area contributed by atoms with Crippen LogP contribution < -0.4 is 0 Å². The monoisotopic (exact) mass is 194 g/mol. The van der Waals surface area contributed by atoms with Crippen LogP contribution in [0.25, 0.3) is 5.57 Å². The molecule has 1 heteroatoms. The van der Waals surface area contributed by atoms with E-state index in [4.69, 9.17) is 0 Å². The van der Waals surface area contributed by atoms with Crippen LogP contribution in [0.3, 0.4) is 0 Å². The first-order chi connectivity index (χ1) is 6.38. The van der Waals surface area contributed by atoms with Crippen molar-refractivity contribution in [2.45, 2.75) is 39.5 Å². The van der Waals surface area contributed by atoms with Gasteiger partial charge in [0.25, 0.3) is 0 Å². The molecule has 0 fully saturated rings. The molecular weight excluding hydrogens is 176 g/mol. The number of rotatable bonds is 5. The summed E-state index contributed by atoms with van der Waals surface area (Å²) in [5.74, 6) is 0. The van der Waals surface area contributed by atoms with Gasteiger partial charge in [-0.3, -0.25) is 0 Å². The summed E-state index contributed by atoms with van der Waals surface area (Å²) in [4.78, 5) is 1.45. The van der Waals surface area contributed by atoms with E-state index in [0.717, 1.165) is 0 Å². The van der Waals surface area contributed by atoms with E-state index in [0.29, 0.717) is 0 Å². The maximum atomic E-state index is 2.40. The summed E-state index contributed by atoms with van der Waals surface area (Å²) in [6.07, 6.45) is 7.33. The van der Waals surface area contributed by atoms with Gasteiger partial charge in [-0.05, 0) is 29.9 Å². The molecule has 0 radical (unpaired) electrons. The average Bonchev–Trinajstić information content (AvgIpc) is 2.65. The van der Waals surface area contributed by atoms with Gasteiger partial charge in [0, 0.05) is 4.88 Å². The molecule has 1 aromatic rings. The van der Waals surface area contributed by atoms with Crippen molar-refractivity contribution in [3.8, 4) is 0 Å². The molecule has 0 aliphatic heterocycles. The molecule has 1 heterocycles. The van der Waals surface area contributed by atoms with Crippen LogP contribution in [0.4, 0.5) is 0 Å². The van der Waals surface area contributed by atoms with Gasteiger partial charge < -0.3 is 0 Å². The first-order valence-corrected chi connectivity index (χ1v) is 5.99. The second kappa shape index (κ2) is 5.98. The van der Waals surface area contributed by atoms with Crippen molar-refractivity contribution >= 4 is 16.9 Å². The Balaban J connectivity index is 2.68. The predicted octanol–water partition coefficient (Wildman–Crippen LogP) is 4.73. The molecule has 13 heavy (non-hydrogen) atoms. The van der Waals surface area contributed by atoms with Gasteiger partial charge in [0.2, 0.25) is 0 Å². The van der Waals surface area contributed by atoms with Crippen molar-refractivity contribution in [3.05, 3.63) is 28.5 Å². The molecule has 72 valence electrons. The number of hydrogen-bond donors (Lipinski definition) is 0. The predicted molar refractivity (Wildman–Crippen MR) is 62.1 cm³/mol. The van der Waals surface area contributed by atoms with Gasteiger partial charge in [0.1, 0.15) is 0 Å². The standard InChI is InChI=1S/C12H18S/c1-3-5-8-11(7-4-2)12-9-6-10-13-12/h6,8-10H,3-5,7H2,1-2H3/b11-8-. The van der Waals surface area contributed by atoms with Crippen LogP contribution in [-0.4, -0.2) is 0 Å². The molecule has 0 bridgehead atoms. The quantitative estimate of drug-likeness (QED) is 0.635. The molecule has 0 aromatic carbocycles. The molecule has 1 rings (SSSR count). The van der Waals surface area contributed by atoms with Crippen LogP contribution in [0.15, 0.2) is 23.6 Å². The molecule has 0 saturated carbocycles. The fraction of sp³-hybridized carbons (Fsp3) is 0.500. The zero-order valence-corrected chi connectivity index (χ0v) is 9.36. The maximum absolute atomic E-state index is 2.40. The van der Waals surface area contributed by atoms with Crippen molar-refractivity contribution in [1.29, 1.82) is 0 Å². The highest BCUT2D eigenvalue weighted by atomic mass is 32.1. The zero-order chi connectivity index (χ0) is 9.52. The highest BCUT2D eigenvalue weighted by molar-refractivity contribution is 7.11. The zero-order valence-electron chi connectivity index (χ0n) is 8.55. The van der Waals surface area contributed by atoms with E-state index < -0.39 is 0 Å². The lowest BCUT2D eigenvalue weighted by atomic mass is 10.1. The Morgan fingerprint density at radius 3 is 2.77 bits per heavy atom. The first kappa shape index (κ1) is 10.5. The minimum Gasteiger partial charge on any atom is -0.144 e. The van der Waals surface area contributed by atoms with Crippen LogP contribution in [0, 0.1) is 0 Å². The third-order valence-electron chi connectivity index (χ3n) is 2.04. The summed E-state index contributed by atoms with van der Waals surface area (Å²) in [5.41, 5.74) is 1.54. The third-order valence-corrected chi connectivity index (χ3v) is 2.98. The summed E-state index contributed by atoms with van der Waals surface area (Å²) >= 11 is 1.85. The van der Waals surface area contributed by atoms with Gasteiger partial charge in [-0.25, -0.2) is 0 Å². The largest absolute Gasteiger partial charge is 0.144 e. The van der Waals surface area contributed by atoms with Crippen LogP contribution >= 0.6 is 11.3 Å². The molecular formula is C12H18S. The smallest absolute Gasteiger partial charge is 0.0299 e. The lowest BCUT2D eigenvalue weighted by molar-refractivity contribution is 0.935. The van der Waals surface area contributed by atoms with Gasteiger partial charge in [0.15, 0.2) is 0 Å². The third kappa shape index (κ3) is 3.35. The minimum absolute atomic E-state index is 1.22. The fourth-order valence-corrected chi connectivity index (χ4v) is 2.17. The summed E-state index contributed by atoms with van der Waals surface area (Å²) in [6.45, 7) is 4.47. The van der Waals surface area contributed by atoms with Crippen molar-refractivity contribution in [2.75, 3.05) is 0 Å². The van der Waals surface area contributed by atoms with E-state index in [1.54, 1.807) is 5.57 Å². The second-order valence-electron chi connectivity index (χ2n) is 3.25. The molecule has 0 saturated heterocycles. The van der Waals surface area contributed by atoms with Gasteiger partial charge >= 0.3 is 0 Å². The first-order valence-electron chi connectivity index (χ1n) is 5.11. The van der Waals surface area contributed by atoms with Crippen molar-refractivity contribution in [3.63, 3.8) is 0 Å². The Labute approximate surface area is 85.3 Å². The van der Waals surface area contributed by atoms with E-state index in [9.17, 15) is 0 Å². The van der Waals surface area contributed by atoms with E-state index in [1.165, 1.54) is 30.6 Å². The Hall–Kier alpha value is -0.560. The van der Waals surface area contributed by atoms with Gasteiger partial charge in [0.05, 0.1) is 0 Å². The second-order valence-corrected chi connectivity index (χ2v) is 4.19. The average molecular weight is 194 g/mol. The normalized spacial score (nSPS) is 12.0. The Morgan fingerprint density at radius 1 is 1.38 bits per heavy atom. The van der Waals surface area contributed by atoms with Crippen molar-refractivity contribution in [1.82, 2.24) is 0 Å². The van der Waals surface area contributed by atoms with E-state index in [1.807, 2.05) is 11.3 Å². The number of thiophene rings is 1. The molecule has 0 aliphatic rings. The van der Waals surface area contributed by atoms with Crippen LogP contribution in [0.2, 0.25) is 0 Å². The number of allylic oxidation sites excluding steroid dienone is 2. The molecule has 0 nitrogen and oxygen atoms in total. The number of unbranched alkanes of at least 4 members (excludes halogenated alkanes) is 1. The van der Waals surface area contributed by atoms with Crippen LogP contribution in [0.1, 0.15) is 44.4 Å². The minimum atomic E-state index is 1.22. The molecule has 0 N–H and O–H groups in total. The van der Waals surface area contributed by atoms with Crippen LogP contribution in [0.5, 0.6) is 0 Å². The molecule has 1 aromatic heterocycles. The molecule has 0 spiro atoms. The Morgan fingerprint density at radius 2 is 2.23 bits per heavy atom. The van der Waals surface area contributed by atoms with E-state index in [2.05, 4.69) is 37.4 Å². The van der Waals surface area contributed by atoms with E-state index >= 15 is 0 Å². The number of hydrogen-bond acceptors (Lipinski definition) is 1.